The van der Waals surface area contributed by atoms with Crippen LogP contribution < -0.4 is 10.6 Å². The minimum Gasteiger partial charge on any atom is -0.353 e. The Morgan fingerprint density at radius 2 is 2.04 bits per heavy atom. The second-order valence-corrected chi connectivity index (χ2v) is 8.18. The predicted octanol–water partition coefficient (Wildman–Crippen LogP) is 3.02. The molecule has 0 aliphatic carbocycles. The molecule has 0 spiro atoms. The molecule has 0 bridgehead atoms. The van der Waals surface area contributed by atoms with Crippen molar-refractivity contribution in [2.45, 2.75) is 44.6 Å². The summed E-state index contributed by atoms with van der Waals surface area (Å²) in [6, 6.07) is 10.6. The van der Waals surface area contributed by atoms with Crippen LogP contribution in [0.3, 0.4) is 0 Å². The Labute approximate surface area is 168 Å². The Morgan fingerprint density at radius 3 is 2.67 bits per heavy atom. The molecule has 1 aliphatic rings. The summed E-state index contributed by atoms with van der Waals surface area (Å²) >= 11 is 0. The summed E-state index contributed by atoms with van der Waals surface area (Å²) in [4.78, 5) is 12.9. The van der Waals surface area contributed by atoms with E-state index in [-0.39, 0.29) is 41.6 Å². The van der Waals surface area contributed by atoms with Crippen LogP contribution in [0.2, 0.25) is 0 Å². The average Bonchev–Trinajstić information content (AvgIpc) is 3.23. The van der Waals surface area contributed by atoms with E-state index in [2.05, 4.69) is 60.8 Å². The fourth-order valence-electron chi connectivity index (χ4n) is 4.11. The molecule has 5 nitrogen and oxygen atoms in total. The highest BCUT2D eigenvalue weighted by atomic mass is 35.5. The zero-order valence-electron chi connectivity index (χ0n) is 16.6. The number of nitrogens with zero attached hydrogens (tertiary/aromatic N) is 2. The number of aromatic nitrogens is 2. The Morgan fingerprint density at radius 1 is 1.33 bits per heavy atom. The molecule has 1 unspecified atom stereocenters. The van der Waals surface area contributed by atoms with E-state index in [1.54, 1.807) is 4.68 Å². The van der Waals surface area contributed by atoms with Gasteiger partial charge in [0.15, 0.2) is 0 Å². The first kappa shape index (κ1) is 21.5. The molecule has 0 radical (unpaired) electrons. The van der Waals surface area contributed by atoms with Crippen molar-refractivity contribution in [3.63, 3.8) is 0 Å². The van der Waals surface area contributed by atoms with Gasteiger partial charge in [0.25, 0.3) is 0 Å². The number of carbonyl (C=O) groups excluding carboxylic acids is 1. The van der Waals surface area contributed by atoms with E-state index in [4.69, 9.17) is 0 Å². The van der Waals surface area contributed by atoms with Gasteiger partial charge in [-0.2, -0.15) is 5.10 Å². The molecule has 0 saturated carbocycles. The SMILES string of the molecule is CC(CC(C)(C)c1ccccc1)NC(=O)[C@H]1CNC[C@@H]1c1cnn(C)c1.Cl. The summed E-state index contributed by atoms with van der Waals surface area (Å²) in [6.45, 7) is 8.12. The van der Waals surface area contributed by atoms with Crippen molar-refractivity contribution in [3.05, 3.63) is 53.9 Å². The number of halogens is 1. The van der Waals surface area contributed by atoms with Crippen molar-refractivity contribution in [2.75, 3.05) is 13.1 Å². The summed E-state index contributed by atoms with van der Waals surface area (Å²) < 4.78 is 1.80. The number of hydrogen-bond donors (Lipinski definition) is 2. The van der Waals surface area contributed by atoms with Gasteiger partial charge in [0.2, 0.25) is 5.91 Å². The lowest BCUT2D eigenvalue weighted by atomic mass is 9.79. The van der Waals surface area contributed by atoms with E-state index in [0.717, 1.165) is 25.1 Å². The van der Waals surface area contributed by atoms with Crippen LogP contribution >= 0.6 is 12.4 Å². The van der Waals surface area contributed by atoms with Crippen LogP contribution in [0.4, 0.5) is 0 Å². The third kappa shape index (κ3) is 5.11. The van der Waals surface area contributed by atoms with Crippen LogP contribution in [0.1, 0.15) is 44.2 Å². The van der Waals surface area contributed by atoms with Crippen molar-refractivity contribution < 1.29 is 4.79 Å². The Balaban J connectivity index is 0.00000261. The monoisotopic (exact) mass is 390 g/mol. The van der Waals surface area contributed by atoms with Gasteiger partial charge in [0.1, 0.15) is 0 Å². The smallest absolute Gasteiger partial charge is 0.225 e. The summed E-state index contributed by atoms with van der Waals surface area (Å²) in [5.41, 5.74) is 2.46. The van der Waals surface area contributed by atoms with Crippen molar-refractivity contribution in [1.29, 1.82) is 0 Å². The highest BCUT2D eigenvalue weighted by Gasteiger charge is 2.35. The van der Waals surface area contributed by atoms with Crippen molar-refractivity contribution >= 4 is 18.3 Å². The topological polar surface area (TPSA) is 59.0 Å². The van der Waals surface area contributed by atoms with Gasteiger partial charge in [-0.1, -0.05) is 44.2 Å². The number of rotatable bonds is 6. The van der Waals surface area contributed by atoms with Crippen LogP contribution in [0, 0.1) is 5.92 Å². The molecular formula is C21H31ClN4O. The summed E-state index contributed by atoms with van der Waals surface area (Å²) in [6.07, 6.45) is 4.79. The first-order valence-corrected chi connectivity index (χ1v) is 9.42. The zero-order valence-corrected chi connectivity index (χ0v) is 17.4. The molecule has 6 heteroatoms. The molecule has 1 fully saturated rings. The van der Waals surface area contributed by atoms with Crippen LogP contribution in [-0.4, -0.2) is 34.8 Å². The van der Waals surface area contributed by atoms with E-state index >= 15 is 0 Å². The van der Waals surface area contributed by atoms with Gasteiger partial charge >= 0.3 is 0 Å². The van der Waals surface area contributed by atoms with E-state index in [1.807, 2.05) is 25.5 Å². The molecule has 3 atom stereocenters. The van der Waals surface area contributed by atoms with Gasteiger partial charge in [-0.15, -0.1) is 12.4 Å². The van der Waals surface area contributed by atoms with Gasteiger partial charge in [0.05, 0.1) is 12.1 Å². The first-order valence-electron chi connectivity index (χ1n) is 9.42. The summed E-state index contributed by atoms with van der Waals surface area (Å²) in [7, 11) is 1.91. The van der Waals surface area contributed by atoms with Gasteiger partial charge in [-0.25, -0.2) is 0 Å². The maximum atomic E-state index is 12.9. The molecule has 1 amide bonds. The lowest BCUT2D eigenvalue weighted by molar-refractivity contribution is -0.125. The highest BCUT2D eigenvalue weighted by Crippen LogP contribution is 2.30. The number of aryl methyl sites for hydroxylation is 1. The van der Waals surface area contributed by atoms with E-state index in [9.17, 15) is 4.79 Å². The molecule has 3 rings (SSSR count). The second kappa shape index (κ2) is 8.89. The maximum Gasteiger partial charge on any atom is 0.225 e. The van der Waals surface area contributed by atoms with Crippen molar-refractivity contribution in [1.82, 2.24) is 20.4 Å². The quantitative estimate of drug-likeness (QED) is 0.797. The van der Waals surface area contributed by atoms with E-state index in [0.29, 0.717) is 0 Å². The average molecular weight is 391 g/mol. The highest BCUT2D eigenvalue weighted by molar-refractivity contribution is 5.85. The number of hydrogen-bond acceptors (Lipinski definition) is 3. The van der Waals surface area contributed by atoms with Crippen LogP contribution in [0.5, 0.6) is 0 Å². The number of amides is 1. The summed E-state index contributed by atoms with van der Waals surface area (Å²) in [5.74, 6) is 0.291. The lowest BCUT2D eigenvalue weighted by Gasteiger charge is -2.30. The Kier molecular flexibility index (Phi) is 7.06. The molecule has 2 N–H and O–H groups in total. The molecule has 1 aromatic carbocycles. The minimum absolute atomic E-state index is 0. The van der Waals surface area contributed by atoms with Gasteiger partial charge in [-0.3, -0.25) is 9.48 Å². The second-order valence-electron chi connectivity index (χ2n) is 8.18. The molecule has 27 heavy (non-hydrogen) atoms. The Hall–Kier alpha value is -1.85. The Bertz CT molecular complexity index is 744. The van der Waals surface area contributed by atoms with Gasteiger partial charge in [0, 0.05) is 38.3 Å². The predicted molar refractivity (Wildman–Crippen MR) is 111 cm³/mol. The molecular weight excluding hydrogens is 360 g/mol. The van der Waals surface area contributed by atoms with Crippen molar-refractivity contribution in [3.8, 4) is 0 Å². The fraction of sp³-hybridized carbons (Fsp3) is 0.524. The first-order chi connectivity index (χ1) is 12.4. The van der Waals surface area contributed by atoms with Crippen molar-refractivity contribution in [2.24, 2.45) is 13.0 Å². The lowest BCUT2D eigenvalue weighted by Crippen LogP contribution is -2.42. The fourth-order valence-corrected chi connectivity index (χ4v) is 4.11. The van der Waals surface area contributed by atoms with Gasteiger partial charge in [-0.05, 0) is 29.9 Å². The third-order valence-corrected chi connectivity index (χ3v) is 5.46. The van der Waals surface area contributed by atoms with Crippen LogP contribution in [0.25, 0.3) is 0 Å². The summed E-state index contributed by atoms with van der Waals surface area (Å²) in [5, 5.41) is 10.9. The number of benzene rings is 1. The normalized spacial score (nSPS) is 20.7. The maximum absolute atomic E-state index is 12.9. The molecule has 2 heterocycles. The van der Waals surface area contributed by atoms with E-state index in [1.165, 1.54) is 5.56 Å². The largest absolute Gasteiger partial charge is 0.353 e. The molecule has 1 aromatic heterocycles. The third-order valence-electron chi connectivity index (χ3n) is 5.46. The molecule has 1 aliphatic heterocycles. The molecule has 2 aromatic rings. The molecule has 1 saturated heterocycles. The van der Waals surface area contributed by atoms with Crippen LogP contribution in [-0.2, 0) is 17.3 Å². The zero-order chi connectivity index (χ0) is 18.7. The van der Waals surface area contributed by atoms with Gasteiger partial charge < -0.3 is 10.6 Å². The molecule has 148 valence electrons. The standard InChI is InChI=1S/C21H30N4O.ClH/c1-15(10-21(2,3)17-8-6-5-7-9-17)24-20(26)19-13-22-12-18(19)16-11-23-25(4)14-16;/h5-9,11,14-15,18-19,22H,10,12-13H2,1-4H3,(H,24,26);1H/t15?,18-,19+;/m1./s1. The minimum atomic E-state index is -0.0403. The number of nitrogens with one attached hydrogen (secondary N) is 2. The number of carbonyl (C=O) groups is 1. The van der Waals surface area contributed by atoms with E-state index < -0.39 is 0 Å². The van der Waals surface area contributed by atoms with Crippen LogP contribution in [0.15, 0.2) is 42.7 Å².